The number of fused-ring (bicyclic) bond motifs is 1. The highest BCUT2D eigenvalue weighted by Gasteiger charge is 2.20. The van der Waals surface area contributed by atoms with E-state index in [9.17, 15) is 13.2 Å². The van der Waals surface area contributed by atoms with Crippen molar-refractivity contribution >= 4 is 38.3 Å². The number of anilines is 2. The summed E-state index contributed by atoms with van der Waals surface area (Å²) in [6, 6.07) is 11.0. The standard InChI is InChI=1S/C15H14N4O4S/c1-10(20)19(2)12-8-6-11(7-9-12)18-24(21,22)14-5-3-4-13-15(14)17-23-16-13/h3-9,18H,1-2H3. The Hall–Kier alpha value is -2.94. The van der Waals surface area contributed by atoms with Gasteiger partial charge in [0.15, 0.2) is 5.52 Å². The highest BCUT2D eigenvalue weighted by molar-refractivity contribution is 7.93. The number of nitrogens with one attached hydrogen (secondary N) is 1. The minimum atomic E-state index is -3.85. The first-order valence-corrected chi connectivity index (χ1v) is 8.45. The van der Waals surface area contributed by atoms with Crippen molar-refractivity contribution in [2.75, 3.05) is 16.7 Å². The SMILES string of the molecule is CC(=O)N(C)c1ccc(NS(=O)(=O)c2cccc3nonc23)cc1. The molecule has 1 aromatic heterocycles. The molecule has 3 aromatic rings. The van der Waals surface area contributed by atoms with Gasteiger partial charge in [-0.25, -0.2) is 13.0 Å². The first kappa shape index (κ1) is 15.9. The van der Waals surface area contributed by atoms with Gasteiger partial charge in [0, 0.05) is 25.3 Å². The molecule has 0 spiro atoms. The van der Waals surface area contributed by atoms with Crippen LogP contribution in [0.1, 0.15) is 6.92 Å². The van der Waals surface area contributed by atoms with Crippen LogP contribution in [0, 0.1) is 0 Å². The Morgan fingerprint density at radius 1 is 1.12 bits per heavy atom. The molecule has 0 aliphatic carbocycles. The third-order valence-electron chi connectivity index (χ3n) is 3.52. The molecule has 9 heteroatoms. The van der Waals surface area contributed by atoms with Gasteiger partial charge in [-0.15, -0.1) is 0 Å². The third kappa shape index (κ3) is 2.93. The smallest absolute Gasteiger partial charge is 0.264 e. The molecule has 1 N–H and O–H groups in total. The predicted molar refractivity (Wildman–Crippen MR) is 88.1 cm³/mol. The van der Waals surface area contributed by atoms with Gasteiger partial charge in [0.2, 0.25) is 5.91 Å². The zero-order valence-electron chi connectivity index (χ0n) is 12.9. The molecule has 0 saturated carbocycles. The van der Waals surface area contributed by atoms with Gasteiger partial charge in [0.1, 0.15) is 10.4 Å². The van der Waals surface area contributed by atoms with E-state index in [4.69, 9.17) is 0 Å². The number of benzene rings is 2. The molecular formula is C15H14N4O4S. The Labute approximate surface area is 138 Å². The fourth-order valence-corrected chi connectivity index (χ4v) is 3.35. The quantitative estimate of drug-likeness (QED) is 0.774. The van der Waals surface area contributed by atoms with Crippen LogP contribution in [-0.4, -0.2) is 31.7 Å². The van der Waals surface area contributed by atoms with Gasteiger partial charge in [-0.2, -0.15) is 0 Å². The summed E-state index contributed by atoms with van der Waals surface area (Å²) in [6.45, 7) is 1.45. The van der Waals surface area contributed by atoms with Crippen LogP contribution in [-0.2, 0) is 14.8 Å². The highest BCUT2D eigenvalue weighted by atomic mass is 32.2. The molecule has 0 unspecified atom stereocenters. The largest absolute Gasteiger partial charge is 0.316 e. The summed E-state index contributed by atoms with van der Waals surface area (Å²) >= 11 is 0. The van der Waals surface area contributed by atoms with Crippen molar-refractivity contribution < 1.29 is 17.8 Å². The first-order chi connectivity index (χ1) is 11.4. The monoisotopic (exact) mass is 346 g/mol. The lowest BCUT2D eigenvalue weighted by molar-refractivity contribution is -0.116. The number of hydrogen-bond donors (Lipinski definition) is 1. The lowest BCUT2D eigenvalue weighted by atomic mass is 10.2. The summed E-state index contributed by atoms with van der Waals surface area (Å²) in [5.41, 5.74) is 1.55. The van der Waals surface area contributed by atoms with E-state index in [2.05, 4.69) is 19.7 Å². The summed E-state index contributed by atoms with van der Waals surface area (Å²) < 4.78 is 32.2. The molecule has 1 amide bonds. The van der Waals surface area contributed by atoms with Crippen LogP contribution in [0.15, 0.2) is 52.0 Å². The molecule has 0 fully saturated rings. The van der Waals surface area contributed by atoms with Crippen molar-refractivity contribution in [3.05, 3.63) is 42.5 Å². The van der Waals surface area contributed by atoms with E-state index in [1.165, 1.54) is 17.9 Å². The zero-order chi connectivity index (χ0) is 17.3. The van der Waals surface area contributed by atoms with Crippen LogP contribution in [0.5, 0.6) is 0 Å². The molecule has 124 valence electrons. The maximum absolute atomic E-state index is 12.6. The van der Waals surface area contributed by atoms with Gasteiger partial charge in [-0.3, -0.25) is 9.52 Å². The molecule has 3 rings (SSSR count). The number of carbonyl (C=O) groups excluding carboxylic acids is 1. The second kappa shape index (κ2) is 5.93. The Bertz CT molecular complexity index is 996. The van der Waals surface area contributed by atoms with Gasteiger partial charge >= 0.3 is 0 Å². The summed E-state index contributed by atoms with van der Waals surface area (Å²) in [6.07, 6.45) is 0. The fraction of sp³-hybridized carbons (Fsp3) is 0.133. The molecule has 0 saturated heterocycles. The first-order valence-electron chi connectivity index (χ1n) is 6.97. The molecule has 1 heterocycles. The van der Waals surface area contributed by atoms with Crippen molar-refractivity contribution in [3.8, 4) is 0 Å². The molecule has 0 aliphatic rings. The second-order valence-corrected chi connectivity index (χ2v) is 6.77. The minimum Gasteiger partial charge on any atom is -0.316 e. The molecule has 24 heavy (non-hydrogen) atoms. The fourth-order valence-electron chi connectivity index (χ4n) is 2.14. The minimum absolute atomic E-state index is 0.0221. The van der Waals surface area contributed by atoms with E-state index in [-0.39, 0.29) is 16.3 Å². The maximum atomic E-state index is 12.6. The molecule has 2 aromatic carbocycles. The lowest BCUT2D eigenvalue weighted by Crippen LogP contribution is -2.22. The van der Waals surface area contributed by atoms with E-state index in [0.29, 0.717) is 16.9 Å². The number of sulfonamides is 1. The van der Waals surface area contributed by atoms with Crippen LogP contribution >= 0.6 is 0 Å². The highest BCUT2D eigenvalue weighted by Crippen LogP contribution is 2.24. The van der Waals surface area contributed by atoms with Crippen LogP contribution < -0.4 is 9.62 Å². The van der Waals surface area contributed by atoms with Crippen LogP contribution in [0.25, 0.3) is 11.0 Å². The number of hydrogen-bond acceptors (Lipinski definition) is 6. The molecule has 0 aliphatic heterocycles. The number of amides is 1. The van der Waals surface area contributed by atoms with E-state index < -0.39 is 10.0 Å². The van der Waals surface area contributed by atoms with Gasteiger partial charge in [0.25, 0.3) is 10.0 Å². The summed E-state index contributed by atoms with van der Waals surface area (Å²) in [7, 11) is -2.21. The molecule has 0 radical (unpaired) electrons. The van der Waals surface area contributed by atoms with Crippen LogP contribution in [0.4, 0.5) is 11.4 Å². The lowest BCUT2D eigenvalue weighted by Gasteiger charge is -2.15. The number of aromatic nitrogens is 2. The van der Waals surface area contributed by atoms with Gasteiger partial charge in [-0.05, 0) is 46.7 Å². The van der Waals surface area contributed by atoms with Gasteiger partial charge in [0.05, 0.1) is 0 Å². The zero-order valence-corrected chi connectivity index (χ0v) is 13.7. The predicted octanol–water partition coefficient (Wildman–Crippen LogP) is 2.01. The molecule has 0 atom stereocenters. The maximum Gasteiger partial charge on any atom is 0.264 e. The van der Waals surface area contributed by atoms with Crippen molar-refractivity contribution in [2.45, 2.75) is 11.8 Å². The van der Waals surface area contributed by atoms with Crippen LogP contribution in [0.3, 0.4) is 0 Å². The normalized spacial score (nSPS) is 11.4. The Kier molecular flexibility index (Phi) is 3.94. The average molecular weight is 346 g/mol. The van der Waals surface area contributed by atoms with Crippen molar-refractivity contribution in [1.82, 2.24) is 10.3 Å². The number of rotatable bonds is 4. The third-order valence-corrected chi connectivity index (χ3v) is 4.93. The van der Waals surface area contributed by atoms with Gasteiger partial charge < -0.3 is 4.90 Å². The van der Waals surface area contributed by atoms with E-state index in [0.717, 1.165) is 0 Å². The Balaban J connectivity index is 1.90. The molecule has 0 bridgehead atoms. The van der Waals surface area contributed by atoms with Crippen molar-refractivity contribution in [3.63, 3.8) is 0 Å². The second-order valence-electron chi connectivity index (χ2n) is 5.12. The van der Waals surface area contributed by atoms with Crippen LogP contribution in [0.2, 0.25) is 0 Å². The summed E-state index contributed by atoms with van der Waals surface area (Å²) in [5.74, 6) is -0.117. The van der Waals surface area contributed by atoms with Gasteiger partial charge in [-0.1, -0.05) is 6.07 Å². The van der Waals surface area contributed by atoms with E-state index in [1.54, 1.807) is 43.4 Å². The van der Waals surface area contributed by atoms with E-state index >= 15 is 0 Å². The topological polar surface area (TPSA) is 105 Å². The Morgan fingerprint density at radius 2 is 1.83 bits per heavy atom. The summed E-state index contributed by atoms with van der Waals surface area (Å²) in [4.78, 5) is 12.8. The molecule has 8 nitrogen and oxygen atoms in total. The van der Waals surface area contributed by atoms with Crippen molar-refractivity contribution in [2.24, 2.45) is 0 Å². The molecular weight excluding hydrogens is 332 g/mol. The Morgan fingerprint density at radius 3 is 2.50 bits per heavy atom. The number of carbonyl (C=O) groups is 1. The average Bonchev–Trinajstić information content (AvgIpc) is 3.02. The number of nitrogens with zero attached hydrogens (tertiary/aromatic N) is 3. The summed E-state index contributed by atoms with van der Waals surface area (Å²) in [5, 5.41) is 7.27. The van der Waals surface area contributed by atoms with Crippen molar-refractivity contribution in [1.29, 1.82) is 0 Å². The van der Waals surface area contributed by atoms with E-state index in [1.807, 2.05) is 0 Å².